The number of nitrogens with zero attached hydrogens (tertiary/aromatic N) is 1. The van der Waals surface area contributed by atoms with Crippen LogP contribution in [-0.2, 0) is 18.0 Å². The fourth-order valence-electron chi connectivity index (χ4n) is 1.70. The SMILES string of the molecule is CC(=O)Nc1cccc(COc2ccc(CO)nc2)c1. The summed E-state index contributed by atoms with van der Waals surface area (Å²) in [6.45, 7) is 1.77. The monoisotopic (exact) mass is 272 g/mol. The molecule has 1 aromatic heterocycles. The van der Waals surface area contributed by atoms with Gasteiger partial charge in [0.05, 0.1) is 18.5 Å². The molecule has 1 aromatic carbocycles. The van der Waals surface area contributed by atoms with Gasteiger partial charge in [0, 0.05) is 12.6 Å². The number of carbonyl (C=O) groups excluding carboxylic acids is 1. The highest BCUT2D eigenvalue weighted by atomic mass is 16.5. The van der Waals surface area contributed by atoms with Crippen LogP contribution in [0.15, 0.2) is 42.6 Å². The molecule has 0 radical (unpaired) electrons. The number of aliphatic hydroxyl groups excluding tert-OH is 1. The van der Waals surface area contributed by atoms with Crippen molar-refractivity contribution in [3.63, 3.8) is 0 Å². The summed E-state index contributed by atoms with van der Waals surface area (Å²) >= 11 is 0. The van der Waals surface area contributed by atoms with Gasteiger partial charge in [-0.3, -0.25) is 9.78 Å². The molecule has 2 N–H and O–H groups in total. The zero-order valence-corrected chi connectivity index (χ0v) is 11.2. The summed E-state index contributed by atoms with van der Waals surface area (Å²) in [5.41, 5.74) is 2.29. The predicted molar refractivity (Wildman–Crippen MR) is 75.2 cm³/mol. The van der Waals surface area contributed by atoms with Gasteiger partial charge < -0.3 is 15.2 Å². The maximum atomic E-state index is 11.0. The molecule has 1 heterocycles. The second-order valence-electron chi connectivity index (χ2n) is 4.31. The summed E-state index contributed by atoms with van der Waals surface area (Å²) in [6.07, 6.45) is 1.57. The summed E-state index contributed by atoms with van der Waals surface area (Å²) in [4.78, 5) is 15.0. The Hall–Kier alpha value is -2.40. The van der Waals surface area contributed by atoms with Crippen LogP contribution in [0.4, 0.5) is 5.69 Å². The second kappa shape index (κ2) is 6.68. The van der Waals surface area contributed by atoms with Gasteiger partial charge in [0.15, 0.2) is 0 Å². The van der Waals surface area contributed by atoms with Gasteiger partial charge >= 0.3 is 0 Å². The third-order valence-electron chi connectivity index (χ3n) is 2.61. The molecule has 0 saturated carbocycles. The Labute approximate surface area is 117 Å². The number of amides is 1. The van der Waals surface area contributed by atoms with Crippen LogP contribution in [0.1, 0.15) is 18.2 Å². The van der Waals surface area contributed by atoms with E-state index in [0.717, 1.165) is 11.3 Å². The maximum Gasteiger partial charge on any atom is 0.221 e. The number of hydrogen-bond acceptors (Lipinski definition) is 4. The van der Waals surface area contributed by atoms with E-state index >= 15 is 0 Å². The lowest BCUT2D eigenvalue weighted by Gasteiger charge is -2.08. The van der Waals surface area contributed by atoms with E-state index in [4.69, 9.17) is 9.84 Å². The predicted octanol–water partition coefficient (Wildman–Crippen LogP) is 2.11. The third-order valence-corrected chi connectivity index (χ3v) is 2.61. The van der Waals surface area contributed by atoms with Crippen molar-refractivity contribution in [1.82, 2.24) is 4.98 Å². The summed E-state index contributed by atoms with van der Waals surface area (Å²) in [6, 6.07) is 10.9. The molecule has 5 heteroatoms. The first-order chi connectivity index (χ1) is 9.67. The smallest absolute Gasteiger partial charge is 0.221 e. The van der Waals surface area contributed by atoms with Crippen molar-refractivity contribution in [3.8, 4) is 5.75 Å². The molecule has 0 aliphatic heterocycles. The summed E-state index contributed by atoms with van der Waals surface area (Å²) < 4.78 is 5.59. The van der Waals surface area contributed by atoms with Crippen LogP contribution in [0.5, 0.6) is 5.75 Å². The number of aliphatic hydroxyl groups is 1. The highest BCUT2D eigenvalue weighted by molar-refractivity contribution is 5.88. The zero-order valence-electron chi connectivity index (χ0n) is 11.2. The number of pyridine rings is 1. The fourth-order valence-corrected chi connectivity index (χ4v) is 1.70. The Bertz CT molecular complexity index is 582. The van der Waals surface area contributed by atoms with E-state index in [1.807, 2.05) is 24.3 Å². The largest absolute Gasteiger partial charge is 0.487 e. The second-order valence-corrected chi connectivity index (χ2v) is 4.31. The summed E-state index contributed by atoms with van der Waals surface area (Å²) in [5, 5.41) is 11.6. The van der Waals surface area contributed by atoms with Crippen LogP contribution in [-0.4, -0.2) is 16.0 Å². The molecule has 0 fully saturated rings. The van der Waals surface area contributed by atoms with Crippen LogP contribution in [0.2, 0.25) is 0 Å². The lowest BCUT2D eigenvalue weighted by molar-refractivity contribution is -0.114. The van der Waals surface area contributed by atoms with E-state index in [2.05, 4.69) is 10.3 Å². The molecule has 0 unspecified atom stereocenters. The van der Waals surface area contributed by atoms with Gasteiger partial charge in [-0.1, -0.05) is 12.1 Å². The number of benzene rings is 1. The van der Waals surface area contributed by atoms with Gasteiger partial charge in [-0.15, -0.1) is 0 Å². The van der Waals surface area contributed by atoms with E-state index in [1.165, 1.54) is 6.92 Å². The van der Waals surface area contributed by atoms with E-state index < -0.39 is 0 Å². The lowest BCUT2D eigenvalue weighted by atomic mass is 10.2. The molecular formula is C15H16N2O3. The molecule has 0 bridgehead atoms. The van der Waals surface area contributed by atoms with Gasteiger partial charge in [-0.25, -0.2) is 0 Å². The van der Waals surface area contributed by atoms with Crippen molar-refractivity contribution in [3.05, 3.63) is 53.9 Å². The topological polar surface area (TPSA) is 71.5 Å². The average molecular weight is 272 g/mol. The highest BCUT2D eigenvalue weighted by Gasteiger charge is 2.00. The molecular weight excluding hydrogens is 256 g/mol. The molecule has 0 atom stereocenters. The quantitative estimate of drug-likeness (QED) is 0.874. The molecule has 0 spiro atoms. The molecule has 0 aliphatic carbocycles. The average Bonchev–Trinajstić information content (AvgIpc) is 2.45. The molecule has 2 aromatic rings. The van der Waals surface area contributed by atoms with Crippen molar-refractivity contribution in [2.45, 2.75) is 20.1 Å². The zero-order chi connectivity index (χ0) is 14.4. The standard InChI is InChI=1S/C15H16N2O3/c1-11(19)17-13-4-2-3-12(7-13)10-20-15-6-5-14(9-18)16-8-15/h2-8,18H,9-10H2,1H3,(H,17,19). The van der Waals surface area contributed by atoms with Crippen LogP contribution in [0.25, 0.3) is 0 Å². The van der Waals surface area contributed by atoms with Crippen molar-refractivity contribution >= 4 is 11.6 Å². The van der Waals surface area contributed by atoms with E-state index in [1.54, 1.807) is 18.3 Å². The molecule has 0 aliphatic rings. The van der Waals surface area contributed by atoms with Crippen LogP contribution in [0, 0.1) is 0 Å². The minimum absolute atomic E-state index is 0.0843. The third kappa shape index (κ3) is 4.07. The first-order valence-electron chi connectivity index (χ1n) is 6.22. The van der Waals surface area contributed by atoms with Crippen LogP contribution < -0.4 is 10.1 Å². The minimum atomic E-state index is -0.105. The van der Waals surface area contributed by atoms with E-state index in [9.17, 15) is 4.79 Å². The minimum Gasteiger partial charge on any atom is -0.487 e. The van der Waals surface area contributed by atoms with Gasteiger partial charge in [0.25, 0.3) is 0 Å². The van der Waals surface area contributed by atoms with Gasteiger partial charge in [-0.2, -0.15) is 0 Å². The number of anilines is 1. The number of carbonyl (C=O) groups is 1. The Morgan fingerprint density at radius 2 is 2.20 bits per heavy atom. The fraction of sp³-hybridized carbons (Fsp3) is 0.200. The van der Waals surface area contributed by atoms with Gasteiger partial charge in [0.1, 0.15) is 12.4 Å². The molecule has 0 saturated heterocycles. The number of hydrogen-bond donors (Lipinski definition) is 2. The number of rotatable bonds is 5. The van der Waals surface area contributed by atoms with Crippen molar-refractivity contribution in [2.24, 2.45) is 0 Å². The first kappa shape index (κ1) is 14.0. The first-order valence-corrected chi connectivity index (χ1v) is 6.22. The maximum absolute atomic E-state index is 11.0. The number of aromatic nitrogens is 1. The van der Waals surface area contributed by atoms with Gasteiger partial charge in [0.2, 0.25) is 5.91 Å². The van der Waals surface area contributed by atoms with Crippen LogP contribution in [0.3, 0.4) is 0 Å². The highest BCUT2D eigenvalue weighted by Crippen LogP contribution is 2.15. The van der Waals surface area contributed by atoms with E-state index in [-0.39, 0.29) is 12.5 Å². The Kier molecular flexibility index (Phi) is 4.68. The Morgan fingerprint density at radius 1 is 1.35 bits per heavy atom. The molecule has 2 rings (SSSR count). The van der Waals surface area contributed by atoms with Crippen molar-refractivity contribution < 1.29 is 14.6 Å². The number of ether oxygens (including phenoxy) is 1. The van der Waals surface area contributed by atoms with Crippen molar-refractivity contribution in [2.75, 3.05) is 5.32 Å². The van der Waals surface area contributed by atoms with Crippen LogP contribution >= 0.6 is 0 Å². The van der Waals surface area contributed by atoms with Gasteiger partial charge in [-0.05, 0) is 29.8 Å². The van der Waals surface area contributed by atoms with Crippen molar-refractivity contribution in [1.29, 1.82) is 0 Å². The Morgan fingerprint density at radius 3 is 2.85 bits per heavy atom. The Balaban J connectivity index is 1.97. The summed E-state index contributed by atoms with van der Waals surface area (Å²) in [7, 11) is 0. The molecule has 5 nitrogen and oxygen atoms in total. The molecule has 104 valence electrons. The molecule has 1 amide bonds. The normalized spacial score (nSPS) is 10.1. The summed E-state index contributed by atoms with van der Waals surface area (Å²) in [5.74, 6) is 0.527. The molecule has 20 heavy (non-hydrogen) atoms. The number of nitrogens with one attached hydrogen (secondary N) is 1. The van der Waals surface area contributed by atoms with E-state index in [0.29, 0.717) is 18.1 Å². The lowest BCUT2D eigenvalue weighted by Crippen LogP contribution is -2.06.